The summed E-state index contributed by atoms with van der Waals surface area (Å²) in [4.78, 5) is 30.5. The summed E-state index contributed by atoms with van der Waals surface area (Å²) in [7, 11) is 0. The Kier molecular flexibility index (Phi) is 6.69. The Labute approximate surface area is 167 Å². The van der Waals surface area contributed by atoms with Crippen molar-refractivity contribution >= 4 is 35.0 Å². The maximum absolute atomic E-state index is 13.7. The highest BCUT2D eigenvalue weighted by atomic mass is 32.2. The lowest BCUT2D eigenvalue weighted by Gasteiger charge is -2.28. The second kappa shape index (κ2) is 9.20. The molecule has 1 N–H and O–H groups in total. The van der Waals surface area contributed by atoms with Crippen LogP contribution in [0.4, 0.5) is 9.18 Å². The van der Waals surface area contributed by atoms with Gasteiger partial charge in [0, 0.05) is 37.8 Å². The van der Waals surface area contributed by atoms with Gasteiger partial charge in [-0.05, 0) is 56.7 Å². The molecule has 0 saturated carbocycles. The van der Waals surface area contributed by atoms with Crippen molar-refractivity contribution in [1.29, 1.82) is 0 Å². The molecule has 2 heterocycles. The zero-order valence-electron chi connectivity index (χ0n) is 15.9. The second-order valence-electron chi connectivity index (χ2n) is 6.30. The van der Waals surface area contributed by atoms with Gasteiger partial charge in [-0.15, -0.1) is 0 Å². The van der Waals surface area contributed by atoms with Crippen molar-refractivity contribution in [3.63, 3.8) is 0 Å². The van der Waals surface area contributed by atoms with E-state index < -0.39 is 11.9 Å². The Balaban J connectivity index is 1.80. The molecule has 3 rings (SSSR count). The predicted molar refractivity (Wildman–Crippen MR) is 107 cm³/mol. The molecule has 0 atom stereocenters. The summed E-state index contributed by atoms with van der Waals surface area (Å²) in [5, 5.41) is 2.47. The lowest BCUT2D eigenvalue weighted by molar-refractivity contribution is -0.113. The molecule has 2 aliphatic heterocycles. The number of nitrogens with zero attached hydrogens (tertiary/aromatic N) is 3. The maximum atomic E-state index is 13.7. The number of hydrogen-bond acceptors (Lipinski definition) is 6. The molecule has 1 aromatic carbocycles. The number of amidine groups is 1. The molecule has 0 bridgehead atoms. The van der Waals surface area contributed by atoms with Crippen molar-refractivity contribution in [1.82, 2.24) is 15.3 Å². The highest BCUT2D eigenvalue weighted by Gasteiger charge is 2.27. The number of hydrogen-bond donors (Lipinski definition) is 1. The fourth-order valence-electron chi connectivity index (χ4n) is 2.86. The average Bonchev–Trinajstić information content (AvgIpc) is 3.06. The molecule has 1 saturated heterocycles. The monoisotopic (exact) mass is 406 g/mol. The van der Waals surface area contributed by atoms with E-state index in [2.05, 4.69) is 10.4 Å². The first kappa shape index (κ1) is 20.3. The van der Waals surface area contributed by atoms with Crippen molar-refractivity contribution in [2.24, 2.45) is 4.99 Å². The minimum atomic E-state index is -0.560. The van der Waals surface area contributed by atoms with Gasteiger partial charge in [-0.1, -0.05) is 0 Å². The number of amides is 2. The molecule has 0 spiro atoms. The SMILES string of the molecule is CCN(CC)C(=O)Oc1cc(F)ccc1C=C1SC(N2CCCCN2)=NC1=O. The molecule has 0 aliphatic carbocycles. The summed E-state index contributed by atoms with van der Waals surface area (Å²) in [5.41, 5.74) is 3.66. The predicted octanol–water partition coefficient (Wildman–Crippen LogP) is 3.24. The van der Waals surface area contributed by atoms with Gasteiger partial charge < -0.3 is 9.64 Å². The van der Waals surface area contributed by atoms with Crippen LogP contribution in [0.1, 0.15) is 32.3 Å². The largest absolute Gasteiger partial charge is 0.415 e. The molecule has 2 amide bonds. The number of carbonyl (C=O) groups is 2. The van der Waals surface area contributed by atoms with Crippen LogP contribution in [0.2, 0.25) is 0 Å². The van der Waals surface area contributed by atoms with Crippen LogP contribution in [0.25, 0.3) is 6.08 Å². The van der Waals surface area contributed by atoms with E-state index in [1.165, 1.54) is 28.8 Å². The van der Waals surface area contributed by atoms with Crippen LogP contribution in [0.5, 0.6) is 5.75 Å². The molecule has 150 valence electrons. The van der Waals surface area contributed by atoms with Gasteiger partial charge in [0.2, 0.25) is 0 Å². The number of hydrazine groups is 1. The lowest BCUT2D eigenvalue weighted by atomic mass is 10.2. The summed E-state index contributed by atoms with van der Waals surface area (Å²) in [6, 6.07) is 3.89. The van der Waals surface area contributed by atoms with Gasteiger partial charge in [0.1, 0.15) is 11.6 Å². The number of carbonyl (C=O) groups excluding carboxylic acids is 2. The Hall–Kier alpha value is -2.39. The average molecular weight is 406 g/mol. The van der Waals surface area contributed by atoms with Gasteiger partial charge in [-0.3, -0.25) is 9.80 Å². The molecule has 0 aromatic heterocycles. The minimum absolute atomic E-state index is 0.0716. The first-order valence-corrected chi connectivity index (χ1v) is 10.1. The number of halogens is 1. The van der Waals surface area contributed by atoms with Gasteiger partial charge in [0.15, 0.2) is 5.17 Å². The first-order valence-electron chi connectivity index (χ1n) is 9.31. The highest BCUT2D eigenvalue weighted by Crippen LogP contribution is 2.33. The number of rotatable bonds is 4. The Morgan fingerprint density at radius 2 is 2.18 bits per heavy atom. The number of ether oxygens (including phenoxy) is 1. The summed E-state index contributed by atoms with van der Waals surface area (Å²) in [6.45, 7) is 6.26. The fraction of sp³-hybridized carbons (Fsp3) is 0.421. The standard InChI is InChI=1S/C19H23FN4O3S/c1-3-23(4-2)19(26)27-15-12-14(20)8-7-13(15)11-16-17(25)22-18(28-16)24-10-6-5-9-21-24/h7-8,11-12,21H,3-6,9-10H2,1-2H3. The third-order valence-electron chi connectivity index (χ3n) is 4.43. The van der Waals surface area contributed by atoms with Crippen LogP contribution in [-0.2, 0) is 4.79 Å². The van der Waals surface area contributed by atoms with Crippen LogP contribution in [0.15, 0.2) is 28.1 Å². The normalized spacial score (nSPS) is 18.4. The van der Waals surface area contributed by atoms with Gasteiger partial charge >= 0.3 is 6.09 Å². The van der Waals surface area contributed by atoms with Crippen LogP contribution in [0, 0.1) is 5.82 Å². The molecular formula is C19H23FN4O3S. The van der Waals surface area contributed by atoms with E-state index in [9.17, 15) is 14.0 Å². The zero-order valence-corrected chi connectivity index (χ0v) is 16.7. The molecule has 1 aromatic rings. The van der Waals surface area contributed by atoms with E-state index in [0.717, 1.165) is 32.0 Å². The minimum Gasteiger partial charge on any atom is -0.409 e. The fourth-order valence-corrected chi connectivity index (χ4v) is 3.77. The highest BCUT2D eigenvalue weighted by molar-refractivity contribution is 8.18. The van der Waals surface area contributed by atoms with Crippen molar-refractivity contribution in [3.05, 3.63) is 34.5 Å². The van der Waals surface area contributed by atoms with E-state index in [0.29, 0.717) is 28.7 Å². The number of nitrogens with one attached hydrogen (secondary N) is 1. The number of benzene rings is 1. The quantitative estimate of drug-likeness (QED) is 0.774. The van der Waals surface area contributed by atoms with Crippen molar-refractivity contribution in [2.75, 3.05) is 26.2 Å². The maximum Gasteiger partial charge on any atom is 0.415 e. The van der Waals surface area contributed by atoms with E-state index in [-0.39, 0.29) is 11.7 Å². The van der Waals surface area contributed by atoms with Crippen LogP contribution in [-0.4, -0.2) is 53.3 Å². The molecule has 28 heavy (non-hydrogen) atoms. The molecule has 0 unspecified atom stereocenters. The van der Waals surface area contributed by atoms with Crippen LogP contribution >= 0.6 is 11.8 Å². The van der Waals surface area contributed by atoms with Gasteiger partial charge in [-0.25, -0.2) is 14.6 Å². The Morgan fingerprint density at radius 1 is 1.39 bits per heavy atom. The molecule has 1 fully saturated rings. The molecule has 2 aliphatic rings. The third kappa shape index (κ3) is 4.71. The molecule has 0 radical (unpaired) electrons. The summed E-state index contributed by atoms with van der Waals surface area (Å²) >= 11 is 1.25. The van der Waals surface area contributed by atoms with Gasteiger partial charge in [0.25, 0.3) is 5.91 Å². The summed E-state index contributed by atoms with van der Waals surface area (Å²) < 4.78 is 19.1. The Bertz CT molecular complexity index is 817. The van der Waals surface area contributed by atoms with E-state index in [1.807, 2.05) is 18.9 Å². The number of aliphatic imine (C=N–C) groups is 1. The van der Waals surface area contributed by atoms with Crippen LogP contribution in [0.3, 0.4) is 0 Å². The molecular weight excluding hydrogens is 383 g/mol. The van der Waals surface area contributed by atoms with E-state index in [4.69, 9.17) is 4.74 Å². The topological polar surface area (TPSA) is 74.2 Å². The molecule has 9 heteroatoms. The zero-order chi connectivity index (χ0) is 20.1. The van der Waals surface area contributed by atoms with Crippen molar-refractivity contribution < 1.29 is 18.7 Å². The number of thioether (sulfide) groups is 1. The third-order valence-corrected chi connectivity index (χ3v) is 5.44. The van der Waals surface area contributed by atoms with Crippen molar-refractivity contribution in [2.45, 2.75) is 26.7 Å². The first-order chi connectivity index (χ1) is 13.5. The van der Waals surface area contributed by atoms with E-state index in [1.54, 1.807) is 6.08 Å². The summed E-state index contributed by atoms with van der Waals surface area (Å²) in [6.07, 6.45) is 3.14. The lowest BCUT2D eigenvalue weighted by Crippen LogP contribution is -2.45. The van der Waals surface area contributed by atoms with Crippen LogP contribution < -0.4 is 10.2 Å². The smallest absolute Gasteiger partial charge is 0.409 e. The summed E-state index contributed by atoms with van der Waals surface area (Å²) in [5.74, 6) is -0.815. The molecule has 7 nitrogen and oxygen atoms in total. The van der Waals surface area contributed by atoms with E-state index >= 15 is 0 Å². The second-order valence-corrected chi connectivity index (χ2v) is 7.31. The van der Waals surface area contributed by atoms with Gasteiger partial charge in [0.05, 0.1) is 4.91 Å². The van der Waals surface area contributed by atoms with Gasteiger partial charge in [-0.2, -0.15) is 4.99 Å². The Morgan fingerprint density at radius 3 is 2.86 bits per heavy atom. The van der Waals surface area contributed by atoms with Crippen molar-refractivity contribution in [3.8, 4) is 5.75 Å².